The molecule has 3 nitrogen and oxygen atoms in total. The van der Waals surface area contributed by atoms with Crippen molar-refractivity contribution in [2.75, 3.05) is 26.4 Å². The summed E-state index contributed by atoms with van der Waals surface area (Å²) in [6.07, 6.45) is 6.73. The summed E-state index contributed by atoms with van der Waals surface area (Å²) in [5.41, 5.74) is 2.46. The summed E-state index contributed by atoms with van der Waals surface area (Å²) in [4.78, 5) is 7.13. The van der Waals surface area contributed by atoms with Crippen LogP contribution in [0.1, 0.15) is 38.1 Å². The van der Waals surface area contributed by atoms with Crippen LogP contribution in [-0.2, 0) is 0 Å². The number of nitrogens with zero attached hydrogens (tertiary/aromatic N) is 3. The van der Waals surface area contributed by atoms with E-state index < -0.39 is 0 Å². The largest absolute Gasteiger partial charge is 0.316 e. The number of imidazole rings is 1. The van der Waals surface area contributed by atoms with E-state index in [4.69, 9.17) is 4.98 Å². The minimum atomic E-state index is 0.646. The minimum Gasteiger partial charge on any atom is -0.316 e. The molecule has 1 saturated carbocycles. The number of aromatic nitrogens is 2. The average molecular weight is 303 g/mol. The lowest BCUT2D eigenvalue weighted by atomic mass is 9.95. The molecule has 2 aromatic rings. The van der Waals surface area contributed by atoms with E-state index in [0.29, 0.717) is 6.04 Å². The van der Waals surface area contributed by atoms with Crippen LogP contribution in [0.2, 0.25) is 0 Å². The maximum Gasteiger partial charge on any atom is 0.169 e. The number of thioether (sulfide) groups is 1. The molecule has 1 fully saturated rings. The quantitative estimate of drug-likeness (QED) is 0.773. The molecule has 114 valence electrons. The van der Waals surface area contributed by atoms with E-state index in [9.17, 15) is 0 Å². The van der Waals surface area contributed by atoms with Gasteiger partial charge in [-0.15, -0.1) is 0 Å². The smallest absolute Gasteiger partial charge is 0.169 e. The first-order valence-corrected chi connectivity index (χ1v) is 8.99. The molecular weight excluding hydrogens is 278 g/mol. The van der Waals surface area contributed by atoms with E-state index in [1.54, 1.807) is 0 Å². The van der Waals surface area contributed by atoms with Crippen molar-refractivity contribution in [2.45, 2.75) is 43.3 Å². The predicted octanol–water partition coefficient (Wildman–Crippen LogP) is 4.20. The summed E-state index contributed by atoms with van der Waals surface area (Å²) in [6.45, 7) is 1.10. The summed E-state index contributed by atoms with van der Waals surface area (Å²) in [6, 6.07) is 9.25. The van der Waals surface area contributed by atoms with Gasteiger partial charge in [-0.3, -0.25) is 0 Å². The van der Waals surface area contributed by atoms with Crippen LogP contribution in [0.4, 0.5) is 0 Å². The molecular formula is C17H25N3S. The molecule has 21 heavy (non-hydrogen) atoms. The van der Waals surface area contributed by atoms with Gasteiger partial charge in [-0.1, -0.05) is 43.2 Å². The zero-order valence-corrected chi connectivity index (χ0v) is 13.9. The molecule has 1 aromatic heterocycles. The fourth-order valence-electron chi connectivity index (χ4n) is 3.14. The van der Waals surface area contributed by atoms with Crippen molar-refractivity contribution < 1.29 is 0 Å². The van der Waals surface area contributed by atoms with Crippen molar-refractivity contribution in [2.24, 2.45) is 0 Å². The van der Waals surface area contributed by atoms with Gasteiger partial charge in [-0.05, 0) is 39.1 Å². The lowest BCUT2D eigenvalue weighted by Crippen LogP contribution is -2.16. The van der Waals surface area contributed by atoms with E-state index >= 15 is 0 Å². The zero-order chi connectivity index (χ0) is 14.7. The summed E-state index contributed by atoms with van der Waals surface area (Å²) in [7, 11) is 4.26. The van der Waals surface area contributed by atoms with Gasteiger partial charge in [-0.2, -0.15) is 0 Å². The van der Waals surface area contributed by atoms with Crippen molar-refractivity contribution in [1.29, 1.82) is 0 Å². The Morgan fingerprint density at radius 1 is 1.19 bits per heavy atom. The van der Waals surface area contributed by atoms with Crippen molar-refractivity contribution >= 4 is 22.8 Å². The predicted molar refractivity (Wildman–Crippen MR) is 91.1 cm³/mol. The topological polar surface area (TPSA) is 21.1 Å². The van der Waals surface area contributed by atoms with Gasteiger partial charge in [0.2, 0.25) is 0 Å². The lowest BCUT2D eigenvalue weighted by Gasteiger charge is -2.25. The summed E-state index contributed by atoms with van der Waals surface area (Å²) < 4.78 is 2.52. The van der Waals surface area contributed by atoms with Crippen LogP contribution in [0.25, 0.3) is 11.0 Å². The second kappa shape index (κ2) is 6.84. The molecule has 0 saturated heterocycles. The molecule has 1 aromatic carbocycles. The van der Waals surface area contributed by atoms with Crippen molar-refractivity contribution in [3.63, 3.8) is 0 Å². The molecule has 4 heteroatoms. The first kappa shape index (κ1) is 14.9. The SMILES string of the molecule is CN(C)CCSc1nc2ccccc2n1C1CCCCC1. The second-order valence-corrected chi connectivity index (χ2v) is 7.26. The van der Waals surface area contributed by atoms with Crippen molar-refractivity contribution in [1.82, 2.24) is 14.5 Å². The second-order valence-electron chi connectivity index (χ2n) is 6.20. The Bertz CT molecular complexity index is 585. The molecule has 0 unspecified atom stereocenters. The highest BCUT2D eigenvalue weighted by molar-refractivity contribution is 7.99. The zero-order valence-electron chi connectivity index (χ0n) is 13.1. The Labute approximate surface area is 131 Å². The first-order valence-electron chi connectivity index (χ1n) is 8.00. The lowest BCUT2D eigenvalue weighted by molar-refractivity contribution is 0.343. The highest BCUT2D eigenvalue weighted by Crippen LogP contribution is 2.35. The highest BCUT2D eigenvalue weighted by Gasteiger charge is 2.21. The Kier molecular flexibility index (Phi) is 4.86. The maximum absolute atomic E-state index is 4.89. The Hall–Kier alpha value is -1.00. The summed E-state index contributed by atoms with van der Waals surface area (Å²) >= 11 is 1.90. The molecule has 1 heterocycles. The van der Waals surface area contributed by atoms with Crippen LogP contribution in [0.3, 0.4) is 0 Å². The molecule has 0 radical (unpaired) electrons. The summed E-state index contributed by atoms with van der Waals surface area (Å²) in [5.74, 6) is 1.10. The molecule has 0 spiro atoms. The molecule has 0 bridgehead atoms. The normalized spacial score (nSPS) is 16.9. The van der Waals surface area contributed by atoms with Gasteiger partial charge in [0, 0.05) is 18.3 Å². The fraction of sp³-hybridized carbons (Fsp3) is 0.588. The number of rotatable bonds is 5. The van der Waals surface area contributed by atoms with E-state index in [0.717, 1.165) is 17.8 Å². The number of hydrogen-bond acceptors (Lipinski definition) is 3. The molecule has 3 rings (SSSR count). The van der Waals surface area contributed by atoms with Gasteiger partial charge in [0.15, 0.2) is 5.16 Å². The number of benzene rings is 1. The van der Waals surface area contributed by atoms with Crippen molar-refractivity contribution in [3.05, 3.63) is 24.3 Å². The van der Waals surface area contributed by atoms with E-state index in [-0.39, 0.29) is 0 Å². The highest BCUT2D eigenvalue weighted by atomic mass is 32.2. The number of fused-ring (bicyclic) bond motifs is 1. The fourth-order valence-corrected chi connectivity index (χ4v) is 4.32. The Morgan fingerprint density at radius 3 is 2.71 bits per heavy atom. The standard InChI is InChI=1S/C17H25N3S/c1-19(2)12-13-21-17-18-15-10-6-7-11-16(15)20(17)14-8-4-3-5-9-14/h6-7,10-11,14H,3-5,8-9,12-13H2,1-2H3. The van der Waals surface area contributed by atoms with Gasteiger partial charge in [-0.25, -0.2) is 4.98 Å². The average Bonchev–Trinajstić information content (AvgIpc) is 2.86. The van der Waals surface area contributed by atoms with Crippen LogP contribution in [0.15, 0.2) is 29.4 Å². The number of para-hydroxylation sites is 2. The van der Waals surface area contributed by atoms with Gasteiger partial charge >= 0.3 is 0 Å². The third kappa shape index (κ3) is 3.43. The maximum atomic E-state index is 4.89. The van der Waals surface area contributed by atoms with Gasteiger partial charge in [0.1, 0.15) is 0 Å². The van der Waals surface area contributed by atoms with Gasteiger partial charge in [0.05, 0.1) is 11.0 Å². The van der Waals surface area contributed by atoms with E-state index in [1.807, 2.05) is 11.8 Å². The van der Waals surface area contributed by atoms with Crippen LogP contribution in [0, 0.1) is 0 Å². The first-order chi connectivity index (χ1) is 10.3. The molecule has 1 aliphatic rings. The Morgan fingerprint density at radius 2 is 1.95 bits per heavy atom. The Balaban J connectivity index is 1.89. The third-order valence-electron chi connectivity index (χ3n) is 4.27. The molecule has 0 amide bonds. The molecule has 1 aliphatic carbocycles. The third-order valence-corrected chi connectivity index (χ3v) is 5.21. The van der Waals surface area contributed by atoms with Crippen molar-refractivity contribution in [3.8, 4) is 0 Å². The van der Waals surface area contributed by atoms with Crippen LogP contribution in [-0.4, -0.2) is 40.8 Å². The van der Waals surface area contributed by atoms with Crippen LogP contribution >= 0.6 is 11.8 Å². The van der Waals surface area contributed by atoms with E-state index in [1.165, 1.54) is 42.8 Å². The van der Waals surface area contributed by atoms with E-state index in [2.05, 4.69) is 47.8 Å². The molecule has 0 aliphatic heterocycles. The van der Waals surface area contributed by atoms with Gasteiger partial charge in [0.25, 0.3) is 0 Å². The van der Waals surface area contributed by atoms with Gasteiger partial charge < -0.3 is 9.47 Å². The number of hydrogen-bond donors (Lipinski definition) is 0. The van der Waals surface area contributed by atoms with Crippen LogP contribution in [0.5, 0.6) is 0 Å². The minimum absolute atomic E-state index is 0.646. The molecule has 0 atom stereocenters. The van der Waals surface area contributed by atoms with Crippen LogP contribution < -0.4 is 0 Å². The monoisotopic (exact) mass is 303 g/mol. The summed E-state index contributed by atoms with van der Waals surface area (Å²) in [5, 5.41) is 1.21. The molecule has 0 N–H and O–H groups in total.